The van der Waals surface area contributed by atoms with Gasteiger partial charge in [-0.2, -0.15) is 0 Å². The summed E-state index contributed by atoms with van der Waals surface area (Å²) < 4.78 is 1.98. The van der Waals surface area contributed by atoms with Crippen molar-refractivity contribution in [1.82, 2.24) is 14.5 Å². The number of aliphatic imine (C=N–C) groups is 1. The zero-order valence-electron chi connectivity index (χ0n) is 17.0. The number of para-hydroxylation sites is 1. The van der Waals surface area contributed by atoms with Gasteiger partial charge in [0.1, 0.15) is 5.71 Å². The summed E-state index contributed by atoms with van der Waals surface area (Å²) >= 11 is 0. The topological polar surface area (TPSA) is 66.2 Å². The molecule has 29 heavy (non-hydrogen) atoms. The van der Waals surface area contributed by atoms with E-state index < -0.39 is 0 Å². The fraction of sp³-hybridized carbons (Fsp3) is 0.500. The lowest BCUT2D eigenvalue weighted by molar-refractivity contribution is 0.313. The average Bonchev–Trinajstić information content (AvgIpc) is 3.37. The molecule has 2 aliphatic rings. The molecule has 0 spiro atoms. The van der Waals surface area contributed by atoms with Gasteiger partial charge in [-0.05, 0) is 37.8 Å². The van der Waals surface area contributed by atoms with E-state index in [1.54, 1.807) is 0 Å². The molecule has 2 N–H and O–H groups in total. The van der Waals surface area contributed by atoms with Crippen LogP contribution >= 0.6 is 0 Å². The monoisotopic (exact) mass is 390 g/mol. The second-order valence-corrected chi connectivity index (χ2v) is 8.66. The normalized spacial score (nSPS) is 19.8. The van der Waals surface area contributed by atoms with Crippen molar-refractivity contribution in [3.8, 4) is 5.88 Å². The Labute approximate surface area is 171 Å². The number of H-pyrrole nitrogens is 1. The van der Waals surface area contributed by atoms with Crippen molar-refractivity contribution < 1.29 is 5.11 Å². The second kappa shape index (κ2) is 8.05. The molecule has 2 saturated carbocycles. The number of fused-ring (bicyclic) bond motifs is 1. The van der Waals surface area contributed by atoms with E-state index in [0.29, 0.717) is 17.8 Å². The van der Waals surface area contributed by atoms with Crippen molar-refractivity contribution in [3.63, 3.8) is 0 Å². The third-order valence-electron chi connectivity index (χ3n) is 6.63. The summed E-state index contributed by atoms with van der Waals surface area (Å²) in [6, 6.07) is 11.1. The number of benzene rings is 1. The summed E-state index contributed by atoms with van der Waals surface area (Å²) in [6.07, 6.45) is 13.8. The lowest BCUT2D eigenvalue weighted by Crippen LogP contribution is -2.16. The first-order chi connectivity index (χ1) is 14.3. The van der Waals surface area contributed by atoms with Crippen LogP contribution in [-0.4, -0.2) is 31.4 Å². The molecular formula is C24H30N4O. The highest BCUT2D eigenvalue weighted by Crippen LogP contribution is 2.34. The van der Waals surface area contributed by atoms with Gasteiger partial charge in [0.2, 0.25) is 5.88 Å². The molecular weight excluding hydrogens is 360 g/mol. The van der Waals surface area contributed by atoms with E-state index in [-0.39, 0.29) is 5.88 Å². The van der Waals surface area contributed by atoms with Crippen LogP contribution in [0, 0.1) is 0 Å². The maximum atomic E-state index is 11.1. The molecule has 2 heterocycles. The van der Waals surface area contributed by atoms with Gasteiger partial charge in [0, 0.05) is 16.9 Å². The number of imidazole rings is 1. The Balaban J connectivity index is 1.56. The van der Waals surface area contributed by atoms with Crippen molar-refractivity contribution >= 4 is 16.6 Å². The molecule has 0 atom stereocenters. The Hall–Kier alpha value is -2.56. The number of nitrogens with one attached hydrogen (secondary N) is 1. The van der Waals surface area contributed by atoms with Crippen LogP contribution in [0.4, 0.5) is 0 Å². The summed E-state index contributed by atoms with van der Waals surface area (Å²) in [5, 5.41) is 12.3. The average molecular weight is 391 g/mol. The first-order valence-electron chi connectivity index (χ1n) is 11.2. The maximum absolute atomic E-state index is 11.1. The number of nitrogens with zero attached hydrogens (tertiary/aromatic N) is 3. The molecule has 0 saturated heterocycles. The molecule has 3 aromatic rings. The minimum absolute atomic E-state index is 0.269. The van der Waals surface area contributed by atoms with Crippen LogP contribution in [0.25, 0.3) is 10.9 Å². The van der Waals surface area contributed by atoms with Crippen molar-refractivity contribution in [3.05, 3.63) is 48.0 Å². The Morgan fingerprint density at radius 2 is 1.72 bits per heavy atom. The van der Waals surface area contributed by atoms with Gasteiger partial charge in [-0.15, -0.1) is 0 Å². The van der Waals surface area contributed by atoms with Gasteiger partial charge in [0.15, 0.2) is 5.69 Å². The zero-order chi connectivity index (χ0) is 19.6. The van der Waals surface area contributed by atoms with Crippen LogP contribution in [0.15, 0.2) is 41.7 Å². The van der Waals surface area contributed by atoms with Gasteiger partial charge in [-0.1, -0.05) is 56.7 Å². The minimum Gasteiger partial charge on any atom is -0.493 e. The third-order valence-corrected chi connectivity index (χ3v) is 6.63. The summed E-state index contributed by atoms with van der Waals surface area (Å²) in [5.41, 5.74) is 3.46. The number of rotatable bonds is 4. The van der Waals surface area contributed by atoms with Crippen LogP contribution in [0.5, 0.6) is 5.88 Å². The van der Waals surface area contributed by atoms with Crippen molar-refractivity contribution in [2.75, 3.05) is 0 Å². The van der Waals surface area contributed by atoms with E-state index in [4.69, 9.17) is 4.99 Å². The van der Waals surface area contributed by atoms with Gasteiger partial charge in [-0.3, -0.25) is 9.56 Å². The van der Waals surface area contributed by atoms with Gasteiger partial charge in [0.25, 0.3) is 0 Å². The fourth-order valence-corrected chi connectivity index (χ4v) is 5.00. The third kappa shape index (κ3) is 3.70. The quantitative estimate of drug-likeness (QED) is 0.557. The van der Waals surface area contributed by atoms with Gasteiger partial charge in [-0.25, -0.2) is 4.98 Å². The van der Waals surface area contributed by atoms with Gasteiger partial charge >= 0.3 is 0 Å². The number of aromatic nitrogens is 3. The molecule has 0 bridgehead atoms. The summed E-state index contributed by atoms with van der Waals surface area (Å²) in [6.45, 7) is 0. The van der Waals surface area contributed by atoms with Crippen molar-refractivity contribution in [2.45, 2.75) is 76.3 Å². The number of hydrogen-bond donors (Lipinski definition) is 2. The molecule has 2 aliphatic carbocycles. The second-order valence-electron chi connectivity index (χ2n) is 8.66. The molecule has 0 amide bonds. The van der Waals surface area contributed by atoms with E-state index in [9.17, 15) is 5.11 Å². The highest BCUT2D eigenvalue weighted by molar-refractivity contribution is 6.13. The van der Waals surface area contributed by atoms with Crippen LogP contribution in [0.2, 0.25) is 0 Å². The first kappa shape index (κ1) is 18.5. The molecule has 0 unspecified atom stereocenters. The van der Waals surface area contributed by atoms with E-state index in [1.807, 2.05) is 23.0 Å². The maximum Gasteiger partial charge on any atom is 0.221 e. The molecule has 0 radical (unpaired) electrons. The van der Waals surface area contributed by atoms with Crippen LogP contribution in [0.3, 0.4) is 0 Å². The van der Waals surface area contributed by atoms with Gasteiger partial charge < -0.3 is 10.1 Å². The molecule has 2 fully saturated rings. The van der Waals surface area contributed by atoms with E-state index in [2.05, 4.69) is 28.2 Å². The Kier molecular flexibility index (Phi) is 5.13. The molecule has 0 aliphatic heterocycles. The van der Waals surface area contributed by atoms with Crippen molar-refractivity contribution in [1.29, 1.82) is 0 Å². The summed E-state index contributed by atoms with van der Waals surface area (Å²) in [7, 11) is 0. The molecule has 1 aromatic carbocycles. The zero-order valence-corrected chi connectivity index (χ0v) is 17.0. The Bertz CT molecular complexity index is 970. The molecule has 5 heteroatoms. The largest absolute Gasteiger partial charge is 0.493 e. The summed E-state index contributed by atoms with van der Waals surface area (Å²) in [5.74, 6) is 0.269. The first-order valence-corrected chi connectivity index (χ1v) is 11.2. The molecule has 5 nitrogen and oxygen atoms in total. The van der Waals surface area contributed by atoms with Gasteiger partial charge in [0.05, 0.1) is 18.1 Å². The fourth-order valence-electron chi connectivity index (χ4n) is 5.00. The summed E-state index contributed by atoms with van der Waals surface area (Å²) in [4.78, 5) is 13.3. The van der Waals surface area contributed by atoms with Crippen LogP contribution in [-0.2, 0) is 0 Å². The van der Waals surface area contributed by atoms with Crippen LogP contribution < -0.4 is 0 Å². The van der Waals surface area contributed by atoms with E-state index in [0.717, 1.165) is 48.0 Å². The minimum atomic E-state index is 0.269. The highest BCUT2D eigenvalue weighted by atomic mass is 16.3. The predicted octanol–water partition coefficient (Wildman–Crippen LogP) is 5.75. The standard InChI is InChI=1S/C24H30N4O/c29-24-23(25-16-28(24)19-12-5-2-6-13-19)22(26-18-10-3-1-4-11-18)21-15-17-9-7-8-14-20(17)27-21/h7-9,14-16,18-19,27,29H,1-6,10-13H2. The number of aromatic amines is 1. The van der Waals surface area contributed by atoms with E-state index >= 15 is 0 Å². The highest BCUT2D eigenvalue weighted by Gasteiger charge is 2.25. The number of hydrogen-bond acceptors (Lipinski definition) is 3. The lowest BCUT2D eigenvalue weighted by atomic mass is 9.95. The predicted molar refractivity (Wildman–Crippen MR) is 117 cm³/mol. The molecule has 5 rings (SSSR count). The van der Waals surface area contributed by atoms with Crippen LogP contribution in [0.1, 0.15) is 81.6 Å². The molecule has 2 aromatic heterocycles. The Morgan fingerprint density at radius 3 is 2.48 bits per heavy atom. The lowest BCUT2D eigenvalue weighted by Gasteiger charge is -2.23. The van der Waals surface area contributed by atoms with Crippen molar-refractivity contribution in [2.24, 2.45) is 4.99 Å². The number of aromatic hydroxyl groups is 1. The van der Waals surface area contributed by atoms with E-state index in [1.165, 1.54) is 38.5 Å². The SMILES string of the molecule is Oc1c(C(=NC2CCCCC2)c2cc3ccccc3[nH]2)ncn1C1CCCCC1. The molecule has 152 valence electrons. The Morgan fingerprint density at radius 1 is 1.00 bits per heavy atom. The smallest absolute Gasteiger partial charge is 0.221 e.